The molecule has 1 aliphatic heterocycles. The highest BCUT2D eigenvalue weighted by Crippen LogP contribution is 2.22. The molecule has 5 nitrogen and oxygen atoms in total. The summed E-state index contributed by atoms with van der Waals surface area (Å²) in [7, 11) is 0. The molecule has 1 aromatic heterocycles. The van der Waals surface area contributed by atoms with E-state index in [2.05, 4.69) is 4.90 Å². The van der Waals surface area contributed by atoms with Gasteiger partial charge < -0.3 is 14.9 Å². The minimum atomic E-state index is -0.418. The van der Waals surface area contributed by atoms with E-state index in [0.29, 0.717) is 17.9 Å². The maximum absolute atomic E-state index is 11.9. The van der Waals surface area contributed by atoms with Crippen molar-refractivity contribution in [3.8, 4) is 0 Å². The number of hydrogen-bond donors (Lipinski definition) is 1. The zero-order chi connectivity index (χ0) is 13.9. The zero-order valence-corrected chi connectivity index (χ0v) is 11.3. The number of nitrogens with zero attached hydrogens (tertiary/aromatic N) is 1. The van der Waals surface area contributed by atoms with Gasteiger partial charge in [-0.25, -0.2) is 4.79 Å². The molecule has 2 N–H and O–H groups in total. The van der Waals surface area contributed by atoms with Gasteiger partial charge in [0.25, 0.3) is 0 Å². The van der Waals surface area contributed by atoms with Crippen LogP contribution in [0.15, 0.2) is 28.7 Å². The van der Waals surface area contributed by atoms with Crippen LogP contribution < -0.4 is 5.73 Å². The van der Waals surface area contributed by atoms with Crippen LogP contribution in [-0.2, 0) is 4.74 Å². The first kappa shape index (κ1) is 13.0. The molecule has 0 aliphatic carbocycles. The highest BCUT2D eigenvalue weighted by atomic mass is 16.5. The van der Waals surface area contributed by atoms with Gasteiger partial charge >= 0.3 is 5.97 Å². The first-order valence-electron chi connectivity index (χ1n) is 6.91. The monoisotopic (exact) mass is 274 g/mol. The van der Waals surface area contributed by atoms with Crippen LogP contribution in [0.1, 0.15) is 23.4 Å². The molecule has 0 radical (unpaired) electrons. The summed E-state index contributed by atoms with van der Waals surface area (Å²) >= 11 is 0. The summed E-state index contributed by atoms with van der Waals surface area (Å²) in [4.78, 5) is 14.2. The van der Waals surface area contributed by atoms with E-state index in [1.165, 1.54) is 12.8 Å². The molecule has 0 spiro atoms. The molecule has 3 rings (SSSR count). The first-order chi connectivity index (χ1) is 9.72. The van der Waals surface area contributed by atoms with E-state index < -0.39 is 5.97 Å². The smallest absolute Gasteiger partial charge is 0.374 e. The lowest BCUT2D eigenvalue weighted by Gasteiger charge is -2.13. The lowest BCUT2D eigenvalue weighted by molar-refractivity contribution is 0.0439. The van der Waals surface area contributed by atoms with Gasteiger partial charge in [0.05, 0.1) is 0 Å². The van der Waals surface area contributed by atoms with Crippen molar-refractivity contribution < 1.29 is 13.9 Å². The maximum atomic E-state index is 11.9. The summed E-state index contributed by atoms with van der Waals surface area (Å²) in [6.45, 7) is 3.39. The summed E-state index contributed by atoms with van der Waals surface area (Å²) in [5.41, 5.74) is 6.99. The Kier molecular flexibility index (Phi) is 3.60. The number of rotatable bonds is 4. The Balaban J connectivity index is 1.60. The van der Waals surface area contributed by atoms with Crippen molar-refractivity contribution in [2.24, 2.45) is 0 Å². The first-order valence-corrected chi connectivity index (χ1v) is 6.91. The lowest BCUT2D eigenvalue weighted by atomic mass is 10.2. The van der Waals surface area contributed by atoms with E-state index in [0.717, 1.165) is 25.0 Å². The predicted molar refractivity (Wildman–Crippen MR) is 76.6 cm³/mol. The van der Waals surface area contributed by atoms with Crippen LogP contribution in [0.3, 0.4) is 0 Å². The lowest BCUT2D eigenvalue weighted by Crippen LogP contribution is -2.25. The third kappa shape index (κ3) is 2.77. The van der Waals surface area contributed by atoms with Crippen molar-refractivity contribution in [3.05, 3.63) is 30.0 Å². The quantitative estimate of drug-likeness (QED) is 0.684. The van der Waals surface area contributed by atoms with Gasteiger partial charge in [-0.15, -0.1) is 0 Å². The second kappa shape index (κ2) is 5.54. The van der Waals surface area contributed by atoms with Gasteiger partial charge in [-0.1, -0.05) is 0 Å². The van der Waals surface area contributed by atoms with Gasteiger partial charge in [0.2, 0.25) is 5.76 Å². The Bertz CT molecular complexity index is 615. The van der Waals surface area contributed by atoms with E-state index in [-0.39, 0.29) is 5.76 Å². The van der Waals surface area contributed by atoms with Crippen LogP contribution in [-0.4, -0.2) is 37.1 Å². The third-order valence-corrected chi connectivity index (χ3v) is 3.58. The summed E-state index contributed by atoms with van der Waals surface area (Å²) in [6, 6.07) is 6.95. The van der Waals surface area contributed by atoms with E-state index in [1.54, 1.807) is 24.3 Å². The largest absolute Gasteiger partial charge is 0.458 e. The number of hydrogen-bond acceptors (Lipinski definition) is 5. The number of benzene rings is 1. The number of carbonyl (C=O) groups excluding carboxylic acids is 1. The van der Waals surface area contributed by atoms with Crippen molar-refractivity contribution in [1.29, 1.82) is 0 Å². The van der Waals surface area contributed by atoms with E-state index in [9.17, 15) is 4.79 Å². The second-order valence-electron chi connectivity index (χ2n) is 5.09. The molecule has 2 heterocycles. The number of carbonyl (C=O) groups is 1. The van der Waals surface area contributed by atoms with E-state index in [1.807, 2.05) is 0 Å². The molecule has 20 heavy (non-hydrogen) atoms. The molecule has 1 aromatic carbocycles. The Labute approximate surface area is 117 Å². The number of nitrogens with two attached hydrogens (primary N) is 1. The van der Waals surface area contributed by atoms with Crippen LogP contribution >= 0.6 is 0 Å². The van der Waals surface area contributed by atoms with Gasteiger partial charge in [-0.3, -0.25) is 4.90 Å². The van der Waals surface area contributed by atoms with Crippen LogP contribution in [0.5, 0.6) is 0 Å². The van der Waals surface area contributed by atoms with Crippen LogP contribution in [0.4, 0.5) is 5.69 Å². The van der Waals surface area contributed by atoms with Crippen molar-refractivity contribution in [2.45, 2.75) is 12.8 Å². The SMILES string of the molecule is Nc1ccc2oc(C(=O)OCCN3CCCC3)cc2c1. The Morgan fingerprint density at radius 2 is 2.10 bits per heavy atom. The number of likely N-dealkylation sites (tertiary alicyclic amines) is 1. The molecule has 0 atom stereocenters. The molecule has 1 fully saturated rings. The summed E-state index contributed by atoms with van der Waals surface area (Å²) < 4.78 is 10.7. The van der Waals surface area contributed by atoms with E-state index in [4.69, 9.17) is 14.9 Å². The van der Waals surface area contributed by atoms with Gasteiger partial charge in [-0.05, 0) is 50.2 Å². The molecular weight excluding hydrogens is 256 g/mol. The number of ether oxygens (including phenoxy) is 1. The number of esters is 1. The number of fused-ring (bicyclic) bond motifs is 1. The highest BCUT2D eigenvalue weighted by molar-refractivity contribution is 5.93. The second-order valence-corrected chi connectivity index (χ2v) is 5.09. The van der Waals surface area contributed by atoms with Crippen molar-refractivity contribution in [2.75, 3.05) is 32.0 Å². The average Bonchev–Trinajstić information content (AvgIpc) is 3.06. The summed E-state index contributed by atoms with van der Waals surface area (Å²) in [6.07, 6.45) is 2.47. The normalized spacial score (nSPS) is 15.8. The fraction of sp³-hybridized carbons (Fsp3) is 0.400. The molecule has 0 saturated carbocycles. The van der Waals surface area contributed by atoms with Gasteiger partial charge in [-0.2, -0.15) is 0 Å². The maximum Gasteiger partial charge on any atom is 0.374 e. The van der Waals surface area contributed by atoms with Crippen molar-refractivity contribution in [1.82, 2.24) is 4.90 Å². The molecule has 0 unspecified atom stereocenters. The molecule has 0 amide bonds. The zero-order valence-electron chi connectivity index (χ0n) is 11.3. The van der Waals surface area contributed by atoms with E-state index >= 15 is 0 Å². The van der Waals surface area contributed by atoms with Crippen LogP contribution in [0, 0.1) is 0 Å². The Morgan fingerprint density at radius 1 is 1.30 bits per heavy atom. The van der Waals surface area contributed by atoms with Crippen LogP contribution in [0.25, 0.3) is 11.0 Å². The molecule has 106 valence electrons. The Hall–Kier alpha value is -2.01. The summed E-state index contributed by atoms with van der Waals surface area (Å²) in [5, 5.41) is 0.816. The number of furan rings is 1. The minimum Gasteiger partial charge on any atom is -0.458 e. The molecule has 1 aliphatic rings. The molecule has 5 heteroatoms. The summed E-state index contributed by atoms with van der Waals surface area (Å²) in [5.74, 6) is -0.189. The van der Waals surface area contributed by atoms with Gasteiger partial charge in [0, 0.05) is 17.6 Å². The average molecular weight is 274 g/mol. The van der Waals surface area contributed by atoms with Crippen LogP contribution in [0.2, 0.25) is 0 Å². The minimum absolute atomic E-state index is 0.229. The highest BCUT2D eigenvalue weighted by Gasteiger charge is 2.15. The third-order valence-electron chi connectivity index (χ3n) is 3.58. The topological polar surface area (TPSA) is 68.7 Å². The Morgan fingerprint density at radius 3 is 2.90 bits per heavy atom. The fourth-order valence-corrected chi connectivity index (χ4v) is 2.51. The van der Waals surface area contributed by atoms with Crippen molar-refractivity contribution in [3.63, 3.8) is 0 Å². The number of anilines is 1. The number of nitrogen functional groups attached to an aromatic ring is 1. The van der Waals surface area contributed by atoms with Gasteiger partial charge in [0.1, 0.15) is 12.2 Å². The fourth-order valence-electron chi connectivity index (χ4n) is 2.51. The molecule has 0 bridgehead atoms. The predicted octanol–water partition coefficient (Wildman–Crippen LogP) is 2.27. The van der Waals surface area contributed by atoms with Gasteiger partial charge in [0.15, 0.2) is 0 Å². The standard InChI is InChI=1S/C15H18N2O3/c16-12-3-4-13-11(9-12)10-14(20-13)15(18)19-8-7-17-5-1-2-6-17/h3-4,9-10H,1-2,5-8,16H2. The van der Waals surface area contributed by atoms with Crippen molar-refractivity contribution >= 4 is 22.6 Å². The molecule has 2 aromatic rings. The molecular formula is C15H18N2O3. The molecule has 1 saturated heterocycles.